The SMILES string of the molecule is Cc1ccc(OCn2ccc(C(=O)N3CCN(Cc4cccc(Cl)c4)CC3)n2)c(C)c1. The van der Waals surface area contributed by atoms with E-state index >= 15 is 0 Å². The Balaban J connectivity index is 1.29. The highest BCUT2D eigenvalue weighted by molar-refractivity contribution is 6.30. The van der Waals surface area contributed by atoms with Crippen molar-refractivity contribution in [3.63, 3.8) is 0 Å². The largest absolute Gasteiger partial charge is 0.471 e. The Hall–Kier alpha value is -2.83. The van der Waals surface area contributed by atoms with Gasteiger partial charge in [-0.2, -0.15) is 5.10 Å². The molecule has 0 spiro atoms. The lowest BCUT2D eigenvalue weighted by atomic mass is 10.1. The van der Waals surface area contributed by atoms with Crippen LogP contribution in [0.15, 0.2) is 54.7 Å². The Morgan fingerprint density at radius 3 is 2.61 bits per heavy atom. The number of aromatic nitrogens is 2. The van der Waals surface area contributed by atoms with Crippen LogP contribution in [-0.2, 0) is 13.3 Å². The van der Waals surface area contributed by atoms with Crippen LogP contribution in [0, 0.1) is 13.8 Å². The Kier molecular flexibility index (Phi) is 6.59. The molecule has 0 atom stereocenters. The summed E-state index contributed by atoms with van der Waals surface area (Å²) >= 11 is 6.08. The molecule has 1 saturated heterocycles. The Morgan fingerprint density at radius 2 is 1.87 bits per heavy atom. The maximum Gasteiger partial charge on any atom is 0.274 e. The number of hydrogen-bond acceptors (Lipinski definition) is 4. The summed E-state index contributed by atoms with van der Waals surface area (Å²) < 4.78 is 7.51. The van der Waals surface area contributed by atoms with Gasteiger partial charge in [0.15, 0.2) is 12.4 Å². The Bertz CT molecular complexity index is 1060. The van der Waals surface area contributed by atoms with E-state index in [4.69, 9.17) is 16.3 Å². The first-order valence-electron chi connectivity index (χ1n) is 10.5. The van der Waals surface area contributed by atoms with Crippen LogP contribution in [0.2, 0.25) is 5.02 Å². The molecule has 0 aliphatic carbocycles. The molecule has 1 aliphatic heterocycles. The minimum absolute atomic E-state index is 0.0346. The van der Waals surface area contributed by atoms with Gasteiger partial charge in [0.1, 0.15) is 5.75 Å². The minimum Gasteiger partial charge on any atom is -0.471 e. The van der Waals surface area contributed by atoms with Crippen LogP contribution in [0.1, 0.15) is 27.2 Å². The van der Waals surface area contributed by atoms with Gasteiger partial charge in [-0.25, -0.2) is 4.68 Å². The lowest BCUT2D eigenvalue weighted by Gasteiger charge is -2.34. The van der Waals surface area contributed by atoms with Gasteiger partial charge >= 0.3 is 0 Å². The minimum atomic E-state index is -0.0346. The molecule has 2 heterocycles. The highest BCUT2D eigenvalue weighted by Crippen LogP contribution is 2.19. The number of hydrogen-bond donors (Lipinski definition) is 0. The highest BCUT2D eigenvalue weighted by Gasteiger charge is 2.23. The van der Waals surface area contributed by atoms with Crippen molar-refractivity contribution in [2.45, 2.75) is 27.1 Å². The topological polar surface area (TPSA) is 50.6 Å². The van der Waals surface area contributed by atoms with Crippen molar-refractivity contribution in [2.24, 2.45) is 0 Å². The van der Waals surface area contributed by atoms with E-state index in [0.717, 1.165) is 36.0 Å². The molecule has 2 aromatic carbocycles. The fraction of sp³-hybridized carbons (Fsp3) is 0.333. The third-order valence-electron chi connectivity index (χ3n) is 5.50. The zero-order chi connectivity index (χ0) is 21.8. The number of benzene rings is 2. The molecule has 162 valence electrons. The lowest BCUT2D eigenvalue weighted by molar-refractivity contribution is 0.0621. The summed E-state index contributed by atoms with van der Waals surface area (Å²) in [6, 6.07) is 15.7. The van der Waals surface area contributed by atoms with Crippen LogP contribution >= 0.6 is 11.6 Å². The number of nitrogens with zero attached hydrogens (tertiary/aromatic N) is 4. The van der Waals surface area contributed by atoms with Crippen molar-refractivity contribution in [1.29, 1.82) is 0 Å². The second-order valence-corrected chi connectivity index (χ2v) is 8.42. The monoisotopic (exact) mass is 438 g/mol. The van der Waals surface area contributed by atoms with Crippen molar-refractivity contribution in [2.75, 3.05) is 26.2 Å². The molecule has 0 saturated carbocycles. The van der Waals surface area contributed by atoms with E-state index in [9.17, 15) is 4.79 Å². The molecule has 0 bridgehead atoms. The van der Waals surface area contributed by atoms with E-state index in [0.29, 0.717) is 18.8 Å². The van der Waals surface area contributed by atoms with E-state index in [1.807, 2.05) is 42.2 Å². The second kappa shape index (κ2) is 9.54. The van der Waals surface area contributed by atoms with Gasteiger partial charge in [0.05, 0.1) is 0 Å². The smallest absolute Gasteiger partial charge is 0.274 e. The average Bonchev–Trinajstić information content (AvgIpc) is 3.22. The van der Waals surface area contributed by atoms with Gasteiger partial charge < -0.3 is 9.64 Å². The molecule has 4 rings (SSSR count). The Morgan fingerprint density at radius 1 is 1.06 bits per heavy atom. The summed E-state index contributed by atoms with van der Waals surface area (Å²) in [5.74, 6) is 0.789. The van der Waals surface area contributed by atoms with Crippen molar-refractivity contribution < 1.29 is 9.53 Å². The van der Waals surface area contributed by atoms with Gasteiger partial charge in [0.2, 0.25) is 0 Å². The molecule has 6 nitrogen and oxygen atoms in total. The molecule has 1 fully saturated rings. The van der Waals surface area contributed by atoms with Gasteiger partial charge in [0.25, 0.3) is 5.91 Å². The molecule has 1 aliphatic rings. The maximum absolute atomic E-state index is 12.9. The first-order valence-corrected chi connectivity index (χ1v) is 10.9. The molecule has 0 radical (unpaired) electrons. The Labute approximate surface area is 188 Å². The van der Waals surface area contributed by atoms with Crippen LogP contribution < -0.4 is 4.74 Å². The number of carbonyl (C=O) groups excluding carboxylic acids is 1. The van der Waals surface area contributed by atoms with E-state index in [-0.39, 0.29) is 12.6 Å². The summed E-state index contributed by atoms with van der Waals surface area (Å²) in [5, 5.41) is 5.17. The van der Waals surface area contributed by atoms with Crippen LogP contribution in [-0.4, -0.2) is 51.7 Å². The number of halogens is 1. The molecular weight excluding hydrogens is 412 g/mol. The zero-order valence-electron chi connectivity index (χ0n) is 17.9. The van der Waals surface area contributed by atoms with Gasteiger partial charge in [0, 0.05) is 43.9 Å². The van der Waals surface area contributed by atoms with Crippen molar-refractivity contribution >= 4 is 17.5 Å². The molecule has 0 N–H and O–H groups in total. The van der Waals surface area contributed by atoms with E-state index < -0.39 is 0 Å². The first-order chi connectivity index (χ1) is 15.0. The third-order valence-corrected chi connectivity index (χ3v) is 5.73. The summed E-state index contributed by atoms with van der Waals surface area (Å²) in [6.07, 6.45) is 1.78. The number of amides is 1. The highest BCUT2D eigenvalue weighted by atomic mass is 35.5. The zero-order valence-corrected chi connectivity index (χ0v) is 18.7. The summed E-state index contributed by atoms with van der Waals surface area (Å²) in [7, 11) is 0. The predicted molar refractivity (Wildman–Crippen MR) is 121 cm³/mol. The van der Waals surface area contributed by atoms with Crippen LogP contribution in [0.3, 0.4) is 0 Å². The molecule has 1 aromatic heterocycles. The number of rotatable bonds is 6. The lowest BCUT2D eigenvalue weighted by Crippen LogP contribution is -2.48. The number of piperazine rings is 1. The predicted octanol–water partition coefficient (Wildman–Crippen LogP) is 4.15. The van der Waals surface area contributed by atoms with Crippen molar-refractivity contribution in [3.8, 4) is 5.75 Å². The second-order valence-electron chi connectivity index (χ2n) is 7.98. The number of aryl methyl sites for hydroxylation is 2. The van der Waals surface area contributed by atoms with Crippen molar-refractivity contribution in [1.82, 2.24) is 19.6 Å². The molecule has 3 aromatic rings. The molecule has 1 amide bonds. The van der Waals surface area contributed by atoms with Crippen molar-refractivity contribution in [3.05, 3.63) is 82.1 Å². The van der Waals surface area contributed by atoms with E-state index in [1.54, 1.807) is 16.9 Å². The average molecular weight is 439 g/mol. The fourth-order valence-electron chi connectivity index (χ4n) is 3.81. The van der Waals surface area contributed by atoms with Crippen LogP contribution in [0.25, 0.3) is 0 Å². The molecular formula is C24H27ClN4O2. The van der Waals surface area contributed by atoms with Gasteiger partial charge in [-0.15, -0.1) is 0 Å². The maximum atomic E-state index is 12.9. The normalized spacial score (nSPS) is 14.6. The quantitative estimate of drug-likeness (QED) is 0.580. The van der Waals surface area contributed by atoms with Gasteiger partial charge in [-0.1, -0.05) is 41.4 Å². The first kappa shape index (κ1) is 21.4. The summed E-state index contributed by atoms with van der Waals surface area (Å²) in [5.41, 5.74) is 3.92. The summed E-state index contributed by atoms with van der Waals surface area (Å²) in [4.78, 5) is 17.1. The van der Waals surface area contributed by atoms with Gasteiger partial charge in [-0.3, -0.25) is 9.69 Å². The van der Waals surface area contributed by atoms with Gasteiger partial charge in [-0.05, 0) is 49.2 Å². The third kappa shape index (κ3) is 5.46. The van der Waals surface area contributed by atoms with E-state index in [2.05, 4.69) is 29.1 Å². The molecule has 31 heavy (non-hydrogen) atoms. The summed E-state index contributed by atoms with van der Waals surface area (Å²) in [6.45, 7) is 8.21. The van der Waals surface area contributed by atoms with Crippen LogP contribution in [0.5, 0.6) is 5.75 Å². The number of ether oxygens (including phenoxy) is 1. The van der Waals surface area contributed by atoms with E-state index in [1.165, 1.54) is 11.1 Å². The number of carbonyl (C=O) groups is 1. The molecule has 7 heteroatoms. The van der Waals surface area contributed by atoms with Crippen LogP contribution in [0.4, 0.5) is 0 Å². The standard InChI is InChI=1S/C24H27ClN4O2/c1-18-6-7-23(19(2)14-18)31-17-29-9-8-22(26-29)24(30)28-12-10-27(11-13-28)16-20-4-3-5-21(25)15-20/h3-9,14-15H,10-13,16-17H2,1-2H3. The fourth-order valence-corrected chi connectivity index (χ4v) is 4.02. The molecule has 0 unspecified atom stereocenters.